The van der Waals surface area contributed by atoms with Crippen molar-refractivity contribution in [2.24, 2.45) is 11.8 Å². The summed E-state index contributed by atoms with van der Waals surface area (Å²) in [6.07, 6.45) is 5.55. The lowest BCUT2D eigenvalue weighted by Crippen LogP contribution is -2.24. The van der Waals surface area contributed by atoms with Crippen LogP contribution in [0.3, 0.4) is 0 Å². The van der Waals surface area contributed by atoms with Crippen LogP contribution in [0.25, 0.3) is 0 Å². The van der Waals surface area contributed by atoms with Gasteiger partial charge in [-0.15, -0.1) is 11.6 Å². The zero-order valence-corrected chi connectivity index (χ0v) is 8.35. The summed E-state index contributed by atoms with van der Waals surface area (Å²) in [6.45, 7) is 2.18. The van der Waals surface area contributed by atoms with E-state index < -0.39 is 0 Å². The minimum atomic E-state index is 0.223. The Morgan fingerprint density at radius 1 is 1.50 bits per heavy atom. The van der Waals surface area contributed by atoms with Crippen molar-refractivity contribution < 1.29 is 0 Å². The predicted octanol–water partition coefficient (Wildman–Crippen LogP) is 3.33. The Morgan fingerprint density at radius 3 is 2.83 bits per heavy atom. The Labute approximate surface area is 79.7 Å². The fraction of sp³-hybridized carbons (Fsp3) is 0.900. The van der Waals surface area contributed by atoms with Crippen molar-refractivity contribution in [3.8, 4) is 6.07 Å². The number of hydrogen-bond donors (Lipinski definition) is 0. The monoisotopic (exact) mass is 185 g/mol. The van der Waals surface area contributed by atoms with E-state index in [1.165, 1.54) is 12.8 Å². The van der Waals surface area contributed by atoms with E-state index >= 15 is 0 Å². The molecule has 0 bridgehead atoms. The van der Waals surface area contributed by atoms with E-state index in [1.807, 2.05) is 0 Å². The molecular formula is C10H16ClN. The van der Waals surface area contributed by atoms with Gasteiger partial charge in [0.1, 0.15) is 0 Å². The summed E-state index contributed by atoms with van der Waals surface area (Å²) in [5, 5.41) is 9.15. The largest absolute Gasteiger partial charge is 0.198 e. The number of nitriles is 1. The highest BCUT2D eigenvalue weighted by molar-refractivity contribution is 6.20. The third kappa shape index (κ3) is 2.38. The van der Waals surface area contributed by atoms with E-state index in [-0.39, 0.29) is 11.3 Å². The van der Waals surface area contributed by atoms with E-state index in [1.54, 1.807) is 0 Å². The van der Waals surface area contributed by atoms with Crippen molar-refractivity contribution in [3.05, 3.63) is 0 Å². The molecule has 0 spiro atoms. The molecule has 3 atom stereocenters. The molecule has 0 aromatic carbocycles. The van der Waals surface area contributed by atoms with E-state index in [9.17, 15) is 0 Å². The molecule has 1 aliphatic carbocycles. The molecule has 0 heterocycles. The lowest BCUT2D eigenvalue weighted by atomic mass is 9.77. The van der Waals surface area contributed by atoms with Crippen molar-refractivity contribution in [1.82, 2.24) is 0 Å². The summed E-state index contributed by atoms with van der Waals surface area (Å²) < 4.78 is 0. The van der Waals surface area contributed by atoms with Gasteiger partial charge >= 0.3 is 0 Å². The molecule has 0 aromatic rings. The van der Waals surface area contributed by atoms with Crippen LogP contribution in [-0.2, 0) is 0 Å². The Morgan fingerprint density at radius 2 is 2.25 bits per heavy atom. The maximum atomic E-state index is 8.90. The molecule has 1 saturated carbocycles. The zero-order chi connectivity index (χ0) is 8.97. The van der Waals surface area contributed by atoms with Crippen LogP contribution in [-0.4, -0.2) is 5.38 Å². The maximum Gasteiger partial charge on any atom is 0.0659 e. The van der Waals surface area contributed by atoms with Crippen LogP contribution in [0.15, 0.2) is 0 Å². The van der Waals surface area contributed by atoms with Crippen molar-refractivity contribution in [2.75, 3.05) is 0 Å². The molecule has 68 valence electrons. The molecule has 2 heteroatoms. The second-order valence-electron chi connectivity index (χ2n) is 3.69. The second kappa shape index (κ2) is 4.72. The van der Waals surface area contributed by atoms with Gasteiger partial charge in [-0.25, -0.2) is 0 Å². The van der Waals surface area contributed by atoms with Gasteiger partial charge in [0.25, 0.3) is 0 Å². The Kier molecular flexibility index (Phi) is 3.88. The van der Waals surface area contributed by atoms with Crippen molar-refractivity contribution >= 4 is 11.6 Å². The highest BCUT2D eigenvalue weighted by Gasteiger charge is 2.28. The topological polar surface area (TPSA) is 23.8 Å². The first-order valence-corrected chi connectivity index (χ1v) is 5.25. The predicted molar refractivity (Wildman–Crippen MR) is 51.0 cm³/mol. The van der Waals surface area contributed by atoms with Crippen molar-refractivity contribution in [2.45, 2.75) is 44.4 Å². The van der Waals surface area contributed by atoms with Crippen LogP contribution in [0, 0.1) is 23.2 Å². The Bertz CT molecular complexity index is 173. The fourth-order valence-corrected chi connectivity index (χ4v) is 2.37. The summed E-state index contributed by atoms with van der Waals surface area (Å²) in [7, 11) is 0. The van der Waals surface area contributed by atoms with Crippen LogP contribution >= 0.6 is 11.6 Å². The minimum absolute atomic E-state index is 0.223. The summed E-state index contributed by atoms with van der Waals surface area (Å²) in [5.74, 6) is 0.844. The van der Waals surface area contributed by atoms with Crippen LogP contribution in [0.1, 0.15) is 39.0 Å². The Balaban J connectivity index is 2.46. The van der Waals surface area contributed by atoms with Gasteiger partial charge in [0.15, 0.2) is 0 Å². The smallest absolute Gasteiger partial charge is 0.0659 e. The first-order chi connectivity index (χ1) is 5.77. The van der Waals surface area contributed by atoms with Crippen LogP contribution in [0.2, 0.25) is 0 Å². The highest BCUT2D eigenvalue weighted by Crippen LogP contribution is 2.34. The molecule has 1 aliphatic rings. The molecule has 1 rings (SSSR count). The highest BCUT2D eigenvalue weighted by atomic mass is 35.5. The first kappa shape index (κ1) is 9.86. The number of nitrogens with zero attached hydrogens (tertiary/aromatic N) is 1. The molecular weight excluding hydrogens is 170 g/mol. The molecule has 12 heavy (non-hydrogen) atoms. The molecule has 0 amide bonds. The molecule has 0 saturated heterocycles. The molecule has 0 aromatic heterocycles. The molecule has 3 unspecified atom stereocenters. The lowest BCUT2D eigenvalue weighted by Gasteiger charge is -2.29. The summed E-state index contributed by atoms with van der Waals surface area (Å²) in [4.78, 5) is 0. The molecule has 0 aliphatic heterocycles. The molecule has 0 radical (unpaired) electrons. The van der Waals surface area contributed by atoms with Gasteiger partial charge in [-0.1, -0.05) is 13.3 Å². The van der Waals surface area contributed by atoms with Crippen LogP contribution in [0.4, 0.5) is 0 Å². The van der Waals surface area contributed by atoms with E-state index in [2.05, 4.69) is 13.0 Å². The minimum Gasteiger partial charge on any atom is -0.198 e. The molecule has 1 nitrogen and oxygen atoms in total. The fourth-order valence-electron chi connectivity index (χ4n) is 2.06. The van der Waals surface area contributed by atoms with Gasteiger partial charge in [-0.3, -0.25) is 0 Å². The van der Waals surface area contributed by atoms with Gasteiger partial charge in [0.05, 0.1) is 12.0 Å². The van der Waals surface area contributed by atoms with Gasteiger partial charge in [-0.05, 0) is 31.6 Å². The van der Waals surface area contributed by atoms with Crippen molar-refractivity contribution in [3.63, 3.8) is 0 Å². The van der Waals surface area contributed by atoms with Crippen LogP contribution in [0.5, 0.6) is 0 Å². The van der Waals surface area contributed by atoms with Gasteiger partial charge in [0.2, 0.25) is 0 Å². The summed E-state index contributed by atoms with van der Waals surface area (Å²) >= 11 is 6.00. The van der Waals surface area contributed by atoms with E-state index in [4.69, 9.17) is 16.9 Å². The second-order valence-corrected chi connectivity index (χ2v) is 4.31. The standard InChI is InChI=1S/C10H16ClN/c1-2-3-8-4-5-10(11)6-9(8)7-12/h8-10H,2-6H2,1H3. The lowest BCUT2D eigenvalue weighted by molar-refractivity contribution is 0.276. The Hall–Kier alpha value is -0.220. The SMILES string of the molecule is CCCC1CCC(Cl)CC1C#N. The third-order valence-corrected chi connectivity index (χ3v) is 3.15. The molecule has 1 fully saturated rings. The van der Waals surface area contributed by atoms with Gasteiger partial charge in [0, 0.05) is 5.38 Å². The maximum absolute atomic E-state index is 8.90. The number of rotatable bonds is 2. The van der Waals surface area contributed by atoms with E-state index in [0.29, 0.717) is 5.92 Å². The molecule has 0 N–H and O–H groups in total. The van der Waals surface area contributed by atoms with E-state index in [0.717, 1.165) is 19.3 Å². The average molecular weight is 186 g/mol. The first-order valence-electron chi connectivity index (χ1n) is 4.81. The zero-order valence-electron chi connectivity index (χ0n) is 7.59. The summed E-state index contributed by atoms with van der Waals surface area (Å²) in [5.41, 5.74) is 0. The number of hydrogen-bond acceptors (Lipinski definition) is 1. The van der Waals surface area contributed by atoms with Gasteiger partial charge in [-0.2, -0.15) is 5.26 Å². The number of halogens is 1. The van der Waals surface area contributed by atoms with Crippen LogP contribution < -0.4 is 0 Å². The number of alkyl halides is 1. The quantitative estimate of drug-likeness (QED) is 0.606. The normalized spacial score (nSPS) is 35.9. The summed E-state index contributed by atoms with van der Waals surface area (Å²) in [6, 6.07) is 2.38. The van der Waals surface area contributed by atoms with Gasteiger partial charge < -0.3 is 0 Å². The van der Waals surface area contributed by atoms with Crippen molar-refractivity contribution in [1.29, 1.82) is 5.26 Å². The third-order valence-electron chi connectivity index (χ3n) is 2.75. The average Bonchev–Trinajstić information content (AvgIpc) is 2.08.